The number of pyridine rings is 1. The molecule has 3 rings (SSSR count). The second kappa shape index (κ2) is 8.86. The molecule has 2 N–H and O–H groups in total. The average molecular weight is 460 g/mol. The fourth-order valence-corrected chi connectivity index (χ4v) is 4.16. The summed E-state index contributed by atoms with van der Waals surface area (Å²) in [6, 6.07) is 17.7. The first-order valence-electron chi connectivity index (χ1n) is 8.76. The monoisotopic (exact) mass is 458 g/mol. The molecule has 0 radical (unpaired) electrons. The van der Waals surface area contributed by atoms with Crippen molar-refractivity contribution >= 4 is 33.7 Å². The van der Waals surface area contributed by atoms with Crippen LogP contribution in [0.4, 0.5) is 0 Å². The van der Waals surface area contributed by atoms with Crippen LogP contribution in [0.2, 0.25) is 5.02 Å². The molecular weight excluding hydrogens is 440 g/mol. The van der Waals surface area contributed by atoms with Crippen molar-refractivity contribution in [1.82, 2.24) is 4.98 Å². The third-order valence-electron chi connectivity index (χ3n) is 4.94. The van der Waals surface area contributed by atoms with E-state index >= 15 is 0 Å². The Hall–Kier alpha value is -2.21. The Balaban J connectivity index is 2.38. The largest absolute Gasteiger partial charge is 0.411 e. The lowest BCUT2D eigenvalue weighted by atomic mass is 9.66. The number of aliphatic hydroxyl groups is 1. The average Bonchev–Trinajstić information content (AvgIpc) is 2.70. The van der Waals surface area contributed by atoms with Crippen LogP contribution in [0.5, 0.6) is 0 Å². The Kier molecular flexibility index (Phi) is 6.50. The van der Waals surface area contributed by atoms with Gasteiger partial charge in [0.2, 0.25) is 0 Å². The molecule has 0 saturated carbocycles. The van der Waals surface area contributed by atoms with Gasteiger partial charge in [-0.25, -0.2) is 0 Å². The molecule has 0 unspecified atom stereocenters. The highest BCUT2D eigenvalue weighted by Gasteiger charge is 2.37. The van der Waals surface area contributed by atoms with Crippen LogP contribution in [0.1, 0.15) is 34.4 Å². The van der Waals surface area contributed by atoms with E-state index < -0.39 is 5.41 Å². The quantitative estimate of drug-likeness (QED) is 0.291. The van der Waals surface area contributed by atoms with Crippen LogP contribution in [0.15, 0.2) is 70.4 Å². The van der Waals surface area contributed by atoms with Gasteiger partial charge in [-0.1, -0.05) is 45.7 Å². The Morgan fingerprint density at radius 3 is 2.50 bits per heavy atom. The highest BCUT2D eigenvalue weighted by Crippen LogP contribution is 2.44. The molecule has 6 heteroatoms. The highest BCUT2D eigenvalue weighted by atomic mass is 79.9. The summed E-state index contributed by atoms with van der Waals surface area (Å²) in [7, 11) is 0. The standard InChI is InChI=1S/C22H20BrClN2O2/c1-15-12-19(24)6-7-21(15)22(9-11-26-28,16-2-4-18(23)5-3-16)17-8-10-25-20(13-17)14-27/h2-8,10-13,27-28H,9,14H2,1H3/b26-11+/t22-/m1/s1. The van der Waals surface area contributed by atoms with Crippen molar-refractivity contribution in [2.45, 2.75) is 25.4 Å². The van der Waals surface area contributed by atoms with E-state index in [4.69, 9.17) is 11.6 Å². The molecule has 3 aromatic rings. The summed E-state index contributed by atoms with van der Waals surface area (Å²) in [6.07, 6.45) is 3.60. The lowest BCUT2D eigenvalue weighted by molar-refractivity contribution is 0.276. The predicted molar refractivity (Wildman–Crippen MR) is 115 cm³/mol. The number of aliphatic hydroxyl groups excluding tert-OH is 1. The van der Waals surface area contributed by atoms with Crippen LogP contribution in [0, 0.1) is 6.92 Å². The fourth-order valence-electron chi connectivity index (χ4n) is 3.67. The van der Waals surface area contributed by atoms with Crippen molar-refractivity contribution in [1.29, 1.82) is 0 Å². The molecule has 2 aromatic carbocycles. The zero-order chi connectivity index (χ0) is 20.1. The zero-order valence-corrected chi connectivity index (χ0v) is 17.7. The summed E-state index contributed by atoms with van der Waals surface area (Å²) in [4.78, 5) is 4.23. The second-order valence-electron chi connectivity index (χ2n) is 6.57. The summed E-state index contributed by atoms with van der Waals surface area (Å²) in [5, 5.41) is 22.8. The van der Waals surface area contributed by atoms with E-state index in [2.05, 4.69) is 26.1 Å². The van der Waals surface area contributed by atoms with Crippen molar-refractivity contribution in [3.8, 4) is 0 Å². The van der Waals surface area contributed by atoms with Gasteiger partial charge in [0.1, 0.15) is 0 Å². The number of oxime groups is 1. The third-order valence-corrected chi connectivity index (χ3v) is 5.70. The molecule has 0 bridgehead atoms. The third kappa shape index (κ3) is 3.97. The van der Waals surface area contributed by atoms with E-state index in [0.717, 1.165) is 26.7 Å². The number of hydrogen-bond donors (Lipinski definition) is 2. The number of aryl methyl sites for hydroxylation is 1. The summed E-state index contributed by atoms with van der Waals surface area (Å²) in [5.74, 6) is 0. The number of aromatic nitrogens is 1. The van der Waals surface area contributed by atoms with Crippen LogP contribution in [0.25, 0.3) is 0 Å². The first-order chi connectivity index (χ1) is 13.5. The second-order valence-corrected chi connectivity index (χ2v) is 7.92. The van der Waals surface area contributed by atoms with Crippen molar-refractivity contribution in [3.63, 3.8) is 0 Å². The topological polar surface area (TPSA) is 65.7 Å². The predicted octanol–water partition coefficient (Wildman–Crippen LogP) is 5.48. The molecule has 1 aromatic heterocycles. The zero-order valence-electron chi connectivity index (χ0n) is 15.3. The van der Waals surface area contributed by atoms with E-state index in [-0.39, 0.29) is 6.61 Å². The van der Waals surface area contributed by atoms with Crippen LogP contribution >= 0.6 is 27.5 Å². The van der Waals surface area contributed by atoms with E-state index in [1.807, 2.05) is 61.5 Å². The van der Waals surface area contributed by atoms with Gasteiger partial charge < -0.3 is 10.3 Å². The number of halogens is 2. The molecule has 144 valence electrons. The number of nitrogens with zero attached hydrogens (tertiary/aromatic N) is 2. The summed E-state index contributed by atoms with van der Waals surface area (Å²) in [6.45, 7) is 1.86. The van der Waals surface area contributed by atoms with Gasteiger partial charge in [0.15, 0.2) is 0 Å². The van der Waals surface area contributed by atoms with Gasteiger partial charge in [-0.15, -0.1) is 5.16 Å². The van der Waals surface area contributed by atoms with Crippen molar-refractivity contribution < 1.29 is 10.3 Å². The molecular formula is C22H20BrClN2O2. The van der Waals surface area contributed by atoms with Gasteiger partial charge >= 0.3 is 0 Å². The lowest BCUT2D eigenvalue weighted by Gasteiger charge is -2.36. The molecule has 0 saturated heterocycles. The maximum Gasteiger partial charge on any atom is 0.0853 e. The van der Waals surface area contributed by atoms with Gasteiger partial charge in [-0.05, 0) is 65.6 Å². The molecule has 0 aliphatic rings. The Labute approximate surface area is 177 Å². The Bertz CT molecular complexity index is 992. The van der Waals surface area contributed by atoms with Gasteiger partial charge in [0.25, 0.3) is 0 Å². The minimum Gasteiger partial charge on any atom is -0.411 e. The molecule has 28 heavy (non-hydrogen) atoms. The highest BCUT2D eigenvalue weighted by molar-refractivity contribution is 9.10. The van der Waals surface area contributed by atoms with E-state index in [1.54, 1.807) is 6.20 Å². The SMILES string of the molecule is Cc1cc(Cl)ccc1[C@](C/C=N/O)(c1ccc(Br)cc1)c1ccnc(CO)c1. The van der Waals surface area contributed by atoms with Crippen LogP contribution in [-0.4, -0.2) is 21.5 Å². The van der Waals surface area contributed by atoms with Crippen molar-refractivity contribution in [3.05, 3.63) is 98.2 Å². The maximum atomic E-state index is 9.62. The van der Waals surface area contributed by atoms with E-state index in [9.17, 15) is 10.3 Å². The molecule has 0 spiro atoms. The molecule has 1 atom stereocenters. The first-order valence-corrected chi connectivity index (χ1v) is 9.93. The molecule has 4 nitrogen and oxygen atoms in total. The van der Waals surface area contributed by atoms with Gasteiger partial charge in [-0.3, -0.25) is 4.98 Å². The van der Waals surface area contributed by atoms with Gasteiger partial charge in [0, 0.05) is 28.3 Å². The van der Waals surface area contributed by atoms with Gasteiger partial charge in [-0.2, -0.15) is 0 Å². The molecule has 1 heterocycles. The fraction of sp³-hybridized carbons (Fsp3) is 0.182. The van der Waals surface area contributed by atoms with E-state index in [0.29, 0.717) is 17.1 Å². The van der Waals surface area contributed by atoms with Crippen LogP contribution in [-0.2, 0) is 12.0 Å². The smallest absolute Gasteiger partial charge is 0.0853 e. The summed E-state index contributed by atoms with van der Waals surface area (Å²) < 4.78 is 0.972. The minimum atomic E-state index is -0.644. The Morgan fingerprint density at radius 2 is 1.86 bits per heavy atom. The number of benzene rings is 2. The summed E-state index contributed by atoms with van der Waals surface area (Å²) >= 11 is 9.71. The van der Waals surface area contributed by atoms with E-state index in [1.165, 1.54) is 6.21 Å². The maximum absolute atomic E-state index is 9.62. The number of rotatable bonds is 6. The molecule has 0 aliphatic heterocycles. The normalized spacial score (nSPS) is 13.6. The van der Waals surface area contributed by atoms with Crippen LogP contribution < -0.4 is 0 Å². The van der Waals surface area contributed by atoms with Crippen molar-refractivity contribution in [2.75, 3.05) is 0 Å². The van der Waals surface area contributed by atoms with Crippen molar-refractivity contribution in [2.24, 2.45) is 5.16 Å². The number of hydrogen-bond acceptors (Lipinski definition) is 4. The first kappa shape index (κ1) is 20.5. The summed E-state index contributed by atoms with van der Waals surface area (Å²) in [5.41, 5.74) is 3.95. The van der Waals surface area contributed by atoms with Crippen LogP contribution in [0.3, 0.4) is 0 Å². The Morgan fingerprint density at radius 1 is 1.11 bits per heavy atom. The minimum absolute atomic E-state index is 0.155. The molecule has 0 fully saturated rings. The van der Waals surface area contributed by atoms with Gasteiger partial charge in [0.05, 0.1) is 17.7 Å². The molecule has 0 amide bonds. The molecule has 0 aliphatic carbocycles. The lowest BCUT2D eigenvalue weighted by Crippen LogP contribution is -2.31.